The predicted octanol–water partition coefficient (Wildman–Crippen LogP) is 3.87. The van der Waals surface area contributed by atoms with Crippen molar-refractivity contribution in [1.82, 2.24) is 0 Å². The van der Waals surface area contributed by atoms with Crippen LogP contribution in [0.25, 0.3) is 0 Å². The number of hydrogen-bond donors (Lipinski definition) is 1. The van der Waals surface area contributed by atoms with Crippen molar-refractivity contribution in [2.45, 2.75) is 27.7 Å². The van der Waals surface area contributed by atoms with Gasteiger partial charge in [0.2, 0.25) is 0 Å². The molecule has 0 amide bonds. The van der Waals surface area contributed by atoms with Crippen molar-refractivity contribution in [3.05, 3.63) is 33.9 Å². The lowest BCUT2D eigenvalue weighted by atomic mass is 9.82. The lowest BCUT2D eigenvalue weighted by Crippen LogP contribution is -2.28. The molecule has 0 aliphatic heterocycles. The number of rotatable bonds is 5. The molecule has 1 aromatic rings. The van der Waals surface area contributed by atoms with Crippen LogP contribution >= 0.6 is 12.6 Å². The van der Waals surface area contributed by atoms with E-state index in [0.717, 1.165) is 11.3 Å². The SMILES string of the molecule is Cc1cc([N+](=O)[O-])ccc1OCC(CS)C(C)(C)C. The molecule has 1 rings (SSSR count). The highest BCUT2D eigenvalue weighted by molar-refractivity contribution is 7.80. The van der Waals surface area contributed by atoms with Gasteiger partial charge in [0.15, 0.2) is 0 Å². The van der Waals surface area contributed by atoms with Crippen LogP contribution in [0.1, 0.15) is 26.3 Å². The summed E-state index contributed by atoms with van der Waals surface area (Å²) in [4.78, 5) is 10.3. The van der Waals surface area contributed by atoms with Gasteiger partial charge in [0, 0.05) is 18.1 Å². The highest BCUT2D eigenvalue weighted by Crippen LogP contribution is 2.29. The van der Waals surface area contributed by atoms with E-state index in [-0.39, 0.29) is 11.1 Å². The molecule has 0 saturated carbocycles. The molecule has 1 atom stereocenters. The summed E-state index contributed by atoms with van der Waals surface area (Å²) in [5, 5.41) is 10.7. The standard InChI is InChI=1S/C14H21NO3S/c1-10-7-12(15(16)17)5-6-13(10)18-8-11(9-19)14(2,3)4/h5-7,11,19H,8-9H2,1-4H3. The number of nitrogens with zero attached hydrogens (tertiary/aromatic N) is 1. The van der Waals surface area contributed by atoms with Gasteiger partial charge in [-0.1, -0.05) is 20.8 Å². The number of thiol groups is 1. The van der Waals surface area contributed by atoms with Crippen LogP contribution in [0, 0.1) is 28.4 Å². The quantitative estimate of drug-likeness (QED) is 0.507. The van der Waals surface area contributed by atoms with Gasteiger partial charge in [0.05, 0.1) is 11.5 Å². The summed E-state index contributed by atoms with van der Waals surface area (Å²) in [6, 6.07) is 4.66. The molecule has 0 fully saturated rings. The zero-order valence-electron chi connectivity index (χ0n) is 11.8. The summed E-state index contributed by atoms with van der Waals surface area (Å²) >= 11 is 4.36. The van der Waals surface area contributed by atoms with Crippen LogP contribution in [0.2, 0.25) is 0 Å². The molecule has 1 aromatic carbocycles. The minimum atomic E-state index is -0.400. The summed E-state index contributed by atoms with van der Waals surface area (Å²) in [6.45, 7) is 8.83. The molecule has 0 bridgehead atoms. The van der Waals surface area contributed by atoms with E-state index in [4.69, 9.17) is 4.74 Å². The summed E-state index contributed by atoms with van der Waals surface area (Å²) in [5.41, 5.74) is 0.989. The number of benzene rings is 1. The van der Waals surface area contributed by atoms with E-state index in [0.29, 0.717) is 18.3 Å². The Kier molecular flexibility index (Phi) is 5.23. The number of nitro groups is 1. The van der Waals surface area contributed by atoms with Gasteiger partial charge in [-0.15, -0.1) is 0 Å². The van der Waals surface area contributed by atoms with Crippen LogP contribution in [0.3, 0.4) is 0 Å². The fourth-order valence-corrected chi connectivity index (χ4v) is 2.33. The van der Waals surface area contributed by atoms with E-state index in [2.05, 4.69) is 33.4 Å². The third-order valence-corrected chi connectivity index (χ3v) is 3.70. The molecule has 0 aliphatic carbocycles. The molecule has 0 aliphatic rings. The second-order valence-corrected chi connectivity index (χ2v) is 6.13. The van der Waals surface area contributed by atoms with Crippen molar-refractivity contribution in [3.8, 4) is 5.75 Å². The molecule has 0 radical (unpaired) electrons. The van der Waals surface area contributed by atoms with Crippen molar-refractivity contribution in [2.24, 2.45) is 11.3 Å². The van der Waals surface area contributed by atoms with Crippen molar-refractivity contribution in [1.29, 1.82) is 0 Å². The first-order chi connectivity index (χ1) is 8.75. The van der Waals surface area contributed by atoms with Crippen molar-refractivity contribution in [3.63, 3.8) is 0 Å². The van der Waals surface area contributed by atoms with Gasteiger partial charge in [-0.2, -0.15) is 12.6 Å². The predicted molar refractivity (Wildman–Crippen MR) is 80.1 cm³/mol. The largest absolute Gasteiger partial charge is 0.493 e. The number of ether oxygens (including phenoxy) is 1. The Hall–Kier alpha value is -1.23. The first kappa shape index (κ1) is 15.8. The second kappa shape index (κ2) is 6.28. The van der Waals surface area contributed by atoms with Crippen LogP contribution in [-0.4, -0.2) is 17.3 Å². The number of hydrogen-bond acceptors (Lipinski definition) is 4. The number of non-ortho nitro benzene ring substituents is 1. The topological polar surface area (TPSA) is 52.4 Å². The van der Waals surface area contributed by atoms with E-state index in [9.17, 15) is 10.1 Å². The third-order valence-electron chi connectivity index (χ3n) is 3.25. The molecule has 1 unspecified atom stereocenters. The Morgan fingerprint density at radius 2 is 2.05 bits per heavy atom. The Balaban J connectivity index is 2.76. The molecular weight excluding hydrogens is 262 g/mol. The molecule has 4 nitrogen and oxygen atoms in total. The van der Waals surface area contributed by atoms with E-state index in [1.54, 1.807) is 6.07 Å². The highest BCUT2D eigenvalue weighted by Gasteiger charge is 2.24. The summed E-state index contributed by atoms with van der Waals surface area (Å²) < 4.78 is 5.78. The molecule has 106 valence electrons. The number of nitro benzene ring substituents is 1. The van der Waals surface area contributed by atoms with Crippen LogP contribution in [-0.2, 0) is 0 Å². The van der Waals surface area contributed by atoms with Gasteiger partial charge in [0.1, 0.15) is 5.75 Å². The van der Waals surface area contributed by atoms with Gasteiger partial charge in [-0.05, 0) is 29.7 Å². The van der Waals surface area contributed by atoms with Gasteiger partial charge < -0.3 is 4.74 Å². The monoisotopic (exact) mass is 283 g/mol. The molecule has 19 heavy (non-hydrogen) atoms. The highest BCUT2D eigenvalue weighted by atomic mass is 32.1. The van der Waals surface area contributed by atoms with Gasteiger partial charge in [0.25, 0.3) is 5.69 Å². The smallest absolute Gasteiger partial charge is 0.269 e. The molecule has 0 heterocycles. The normalized spacial score (nSPS) is 13.1. The molecule has 0 spiro atoms. The van der Waals surface area contributed by atoms with Crippen LogP contribution in [0.15, 0.2) is 18.2 Å². The van der Waals surface area contributed by atoms with Crippen LogP contribution in [0.4, 0.5) is 5.69 Å². The maximum Gasteiger partial charge on any atom is 0.269 e. The lowest BCUT2D eigenvalue weighted by molar-refractivity contribution is -0.384. The van der Waals surface area contributed by atoms with E-state index in [1.165, 1.54) is 12.1 Å². The maximum atomic E-state index is 10.7. The first-order valence-corrected chi connectivity index (χ1v) is 6.87. The number of aryl methyl sites for hydroxylation is 1. The Morgan fingerprint density at radius 3 is 2.47 bits per heavy atom. The minimum absolute atomic E-state index is 0.0893. The van der Waals surface area contributed by atoms with Gasteiger partial charge in [-0.3, -0.25) is 10.1 Å². The minimum Gasteiger partial charge on any atom is -0.493 e. The van der Waals surface area contributed by atoms with E-state index >= 15 is 0 Å². The Labute approximate surface area is 119 Å². The average molecular weight is 283 g/mol. The molecule has 0 N–H and O–H groups in total. The Bertz CT molecular complexity index is 454. The lowest BCUT2D eigenvalue weighted by Gasteiger charge is -2.29. The summed E-state index contributed by atoms with van der Waals surface area (Å²) in [6.07, 6.45) is 0. The van der Waals surface area contributed by atoms with E-state index in [1.807, 2.05) is 6.92 Å². The average Bonchev–Trinajstić information content (AvgIpc) is 2.29. The fourth-order valence-electron chi connectivity index (χ4n) is 1.68. The first-order valence-electron chi connectivity index (χ1n) is 6.24. The molecule has 0 saturated heterocycles. The third kappa shape index (κ3) is 4.42. The Morgan fingerprint density at radius 1 is 1.42 bits per heavy atom. The zero-order chi connectivity index (χ0) is 14.6. The fraction of sp³-hybridized carbons (Fsp3) is 0.571. The van der Waals surface area contributed by atoms with Gasteiger partial charge >= 0.3 is 0 Å². The molecule has 5 heteroatoms. The van der Waals surface area contributed by atoms with Crippen molar-refractivity contribution < 1.29 is 9.66 Å². The zero-order valence-corrected chi connectivity index (χ0v) is 12.7. The second-order valence-electron chi connectivity index (χ2n) is 5.76. The summed E-state index contributed by atoms with van der Waals surface area (Å²) in [7, 11) is 0. The molecular formula is C14H21NO3S. The summed E-state index contributed by atoms with van der Waals surface area (Å²) in [5.74, 6) is 1.77. The maximum absolute atomic E-state index is 10.7. The molecule has 0 aromatic heterocycles. The van der Waals surface area contributed by atoms with Crippen LogP contribution < -0.4 is 4.74 Å². The van der Waals surface area contributed by atoms with Crippen molar-refractivity contribution in [2.75, 3.05) is 12.4 Å². The van der Waals surface area contributed by atoms with Crippen molar-refractivity contribution >= 4 is 18.3 Å². The van der Waals surface area contributed by atoms with Gasteiger partial charge in [-0.25, -0.2) is 0 Å². The van der Waals surface area contributed by atoms with Crippen LogP contribution in [0.5, 0.6) is 5.75 Å². The van der Waals surface area contributed by atoms with E-state index < -0.39 is 4.92 Å².